The third-order valence-corrected chi connectivity index (χ3v) is 1.66. The normalized spacial score (nSPS) is 13.1. The standard InChI is InChI=1S/C10H18O4/c1-2-14-10(13)7-5-3-4-6-9(12)8-11/h5,7,9,11-12H,2-4,6,8H2,1H3/b7-5+/t9-/m1/s1. The molecule has 2 N–H and O–H groups in total. The molecule has 0 saturated heterocycles. The van der Waals surface area contributed by atoms with Crippen molar-refractivity contribution in [3.63, 3.8) is 0 Å². The van der Waals surface area contributed by atoms with Crippen molar-refractivity contribution in [3.05, 3.63) is 12.2 Å². The Hall–Kier alpha value is -0.870. The Morgan fingerprint density at radius 2 is 2.29 bits per heavy atom. The van der Waals surface area contributed by atoms with Crippen LogP contribution in [-0.2, 0) is 9.53 Å². The lowest BCUT2D eigenvalue weighted by atomic mass is 10.1. The van der Waals surface area contributed by atoms with E-state index in [1.165, 1.54) is 6.08 Å². The maximum atomic E-state index is 10.8. The number of hydrogen-bond donors (Lipinski definition) is 2. The van der Waals surface area contributed by atoms with E-state index in [0.29, 0.717) is 19.4 Å². The molecule has 0 rings (SSSR count). The molecule has 0 heterocycles. The Balaban J connectivity index is 3.39. The number of unbranched alkanes of at least 4 members (excludes halogenated alkanes) is 1. The summed E-state index contributed by atoms with van der Waals surface area (Å²) in [4.78, 5) is 10.8. The maximum Gasteiger partial charge on any atom is 0.330 e. The molecule has 0 aliphatic heterocycles. The molecule has 0 fully saturated rings. The molecule has 1 atom stereocenters. The van der Waals surface area contributed by atoms with Crippen LogP contribution in [0.1, 0.15) is 26.2 Å². The van der Waals surface area contributed by atoms with Crippen molar-refractivity contribution >= 4 is 5.97 Å². The third kappa shape index (κ3) is 7.76. The molecule has 0 aromatic rings. The zero-order valence-corrected chi connectivity index (χ0v) is 8.48. The number of carbonyl (C=O) groups is 1. The van der Waals surface area contributed by atoms with Gasteiger partial charge < -0.3 is 14.9 Å². The average molecular weight is 202 g/mol. The Morgan fingerprint density at radius 3 is 2.86 bits per heavy atom. The van der Waals surface area contributed by atoms with Crippen molar-refractivity contribution in [1.29, 1.82) is 0 Å². The van der Waals surface area contributed by atoms with Gasteiger partial charge in [-0.05, 0) is 26.2 Å². The fourth-order valence-electron chi connectivity index (χ4n) is 0.933. The lowest BCUT2D eigenvalue weighted by molar-refractivity contribution is -0.137. The van der Waals surface area contributed by atoms with Crippen LogP contribution >= 0.6 is 0 Å². The average Bonchev–Trinajstić information content (AvgIpc) is 2.17. The lowest BCUT2D eigenvalue weighted by Gasteiger charge is -2.03. The van der Waals surface area contributed by atoms with Crippen molar-refractivity contribution in [1.82, 2.24) is 0 Å². The lowest BCUT2D eigenvalue weighted by Crippen LogP contribution is -2.10. The summed E-state index contributed by atoms with van der Waals surface area (Å²) in [5.41, 5.74) is 0. The molecule has 0 aromatic carbocycles. The number of rotatable bonds is 7. The van der Waals surface area contributed by atoms with Gasteiger partial charge >= 0.3 is 5.97 Å². The zero-order chi connectivity index (χ0) is 10.8. The summed E-state index contributed by atoms with van der Waals surface area (Å²) in [7, 11) is 0. The quantitative estimate of drug-likeness (QED) is 0.361. The highest BCUT2D eigenvalue weighted by Crippen LogP contribution is 2.01. The number of aliphatic hydroxyl groups is 2. The molecule has 0 saturated carbocycles. The van der Waals surface area contributed by atoms with Crippen molar-refractivity contribution in [3.8, 4) is 0 Å². The molecular weight excluding hydrogens is 184 g/mol. The Kier molecular flexibility index (Phi) is 8.17. The second-order valence-corrected chi connectivity index (χ2v) is 2.92. The largest absolute Gasteiger partial charge is 0.463 e. The smallest absolute Gasteiger partial charge is 0.330 e. The fourth-order valence-corrected chi connectivity index (χ4v) is 0.933. The summed E-state index contributed by atoms with van der Waals surface area (Å²) in [6.45, 7) is 1.93. The third-order valence-electron chi connectivity index (χ3n) is 1.66. The van der Waals surface area contributed by atoms with E-state index in [1.54, 1.807) is 13.0 Å². The predicted molar refractivity (Wildman–Crippen MR) is 52.7 cm³/mol. The maximum absolute atomic E-state index is 10.8. The minimum atomic E-state index is -0.647. The van der Waals surface area contributed by atoms with Gasteiger partial charge in [-0.1, -0.05) is 6.08 Å². The predicted octanol–water partition coefficient (Wildman–Crippen LogP) is 0.629. The molecule has 4 heteroatoms. The molecule has 4 nitrogen and oxygen atoms in total. The molecule has 0 amide bonds. The number of carbonyl (C=O) groups excluding carboxylic acids is 1. The summed E-state index contributed by atoms with van der Waals surface area (Å²) >= 11 is 0. The van der Waals surface area contributed by atoms with Gasteiger partial charge in [-0.3, -0.25) is 0 Å². The van der Waals surface area contributed by atoms with Gasteiger partial charge in [0.1, 0.15) is 0 Å². The number of allylic oxidation sites excluding steroid dienone is 1. The minimum Gasteiger partial charge on any atom is -0.463 e. The summed E-state index contributed by atoms with van der Waals surface area (Å²) in [5, 5.41) is 17.5. The number of ether oxygens (including phenoxy) is 1. The summed E-state index contributed by atoms with van der Waals surface area (Å²) in [6.07, 6.45) is 4.44. The summed E-state index contributed by atoms with van der Waals surface area (Å²) < 4.78 is 4.68. The molecule has 0 aliphatic carbocycles. The molecule has 14 heavy (non-hydrogen) atoms. The van der Waals surface area contributed by atoms with Crippen LogP contribution in [0, 0.1) is 0 Å². The SMILES string of the molecule is CCOC(=O)/C=C/CCC[C@@H](O)CO. The van der Waals surface area contributed by atoms with E-state index in [-0.39, 0.29) is 12.6 Å². The van der Waals surface area contributed by atoms with Gasteiger partial charge in [0.05, 0.1) is 19.3 Å². The van der Waals surface area contributed by atoms with Crippen LogP contribution in [0.2, 0.25) is 0 Å². The molecule has 0 unspecified atom stereocenters. The van der Waals surface area contributed by atoms with E-state index < -0.39 is 6.10 Å². The van der Waals surface area contributed by atoms with E-state index in [9.17, 15) is 4.79 Å². The van der Waals surface area contributed by atoms with E-state index in [0.717, 1.165) is 6.42 Å². The topological polar surface area (TPSA) is 66.8 Å². The first-order valence-corrected chi connectivity index (χ1v) is 4.83. The van der Waals surface area contributed by atoms with Crippen molar-refractivity contribution < 1.29 is 19.7 Å². The molecular formula is C10H18O4. The van der Waals surface area contributed by atoms with Gasteiger partial charge in [-0.15, -0.1) is 0 Å². The first-order chi connectivity index (χ1) is 6.70. The number of esters is 1. The van der Waals surface area contributed by atoms with Gasteiger partial charge in [-0.2, -0.15) is 0 Å². The van der Waals surface area contributed by atoms with Crippen molar-refractivity contribution in [2.24, 2.45) is 0 Å². The molecule has 82 valence electrons. The fraction of sp³-hybridized carbons (Fsp3) is 0.700. The Morgan fingerprint density at radius 1 is 1.57 bits per heavy atom. The summed E-state index contributed by atoms with van der Waals surface area (Å²) in [5.74, 6) is -0.338. The van der Waals surface area contributed by atoms with Gasteiger partial charge in [0.2, 0.25) is 0 Å². The van der Waals surface area contributed by atoms with E-state index >= 15 is 0 Å². The molecule has 0 aliphatic rings. The second-order valence-electron chi connectivity index (χ2n) is 2.92. The molecule has 0 radical (unpaired) electrons. The number of aliphatic hydroxyl groups excluding tert-OH is 2. The highest BCUT2D eigenvalue weighted by Gasteiger charge is 1.99. The second kappa shape index (κ2) is 8.72. The van der Waals surface area contributed by atoms with Crippen LogP contribution in [0.15, 0.2) is 12.2 Å². The molecule has 0 bridgehead atoms. The zero-order valence-electron chi connectivity index (χ0n) is 8.48. The van der Waals surface area contributed by atoms with Crippen molar-refractivity contribution in [2.45, 2.75) is 32.3 Å². The van der Waals surface area contributed by atoms with E-state index in [2.05, 4.69) is 4.74 Å². The highest BCUT2D eigenvalue weighted by molar-refractivity contribution is 5.81. The first-order valence-electron chi connectivity index (χ1n) is 4.83. The van der Waals surface area contributed by atoms with Gasteiger partial charge in [0.15, 0.2) is 0 Å². The van der Waals surface area contributed by atoms with Crippen LogP contribution in [0.3, 0.4) is 0 Å². The monoisotopic (exact) mass is 202 g/mol. The number of hydrogen-bond acceptors (Lipinski definition) is 4. The van der Waals surface area contributed by atoms with Crippen LogP contribution < -0.4 is 0 Å². The highest BCUT2D eigenvalue weighted by atomic mass is 16.5. The van der Waals surface area contributed by atoms with Gasteiger partial charge in [0.25, 0.3) is 0 Å². The van der Waals surface area contributed by atoms with Crippen LogP contribution in [-0.4, -0.2) is 35.5 Å². The molecule has 0 spiro atoms. The Bertz CT molecular complexity index is 177. The van der Waals surface area contributed by atoms with E-state index in [4.69, 9.17) is 10.2 Å². The Labute approximate surface area is 84.2 Å². The molecule has 0 aromatic heterocycles. The first kappa shape index (κ1) is 13.1. The van der Waals surface area contributed by atoms with Gasteiger partial charge in [0, 0.05) is 6.08 Å². The summed E-state index contributed by atoms with van der Waals surface area (Å²) in [6, 6.07) is 0. The van der Waals surface area contributed by atoms with Crippen molar-refractivity contribution in [2.75, 3.05) is 13.2 Å². The van der Waals surface area contributed by atoms with E-state index in [1.807, 2.05) is 0 Å². The van der Waals surface area contributed by atoms with Crippen LogP contribution in [0.4, 0.5) is 0 Å². The van der Waals surface area contributed by atoms with Crippen LogP contribution in [0.5, 0.6) is 0 Å². The van der Waals surface area contributed by atoms with Gasteiger partial charge in [-0.25, -0.2) is 4.79 Å². The van der Waals surface area contributed by atoms with Crippen LogP contribution in [0.25, 0.3) is 0 Å². The minimum absolute atomic E-state index is 0.207.